The normalized spacial score (nSPS) is 9.68. The van der Waals surface area contributed by atoms with E-state index in [4.69, 9.17) is 22.0 Å². The molecule has 0 spiro atoms. The van der Waals surface area contributed by atoms with Gasteiger partial charge >= 0.3 is 5.97 Å². The zero-order valence-electron chi connectivity index (χ0n) is 9.59. The Morgan fingerprint density at radius 3 is 2.84 bits per heavy atom. The minimum absolute atomic E-state index is 0.0782. The number of nitrogens with one attached hydrogen (secondary N) is 1. The number of aromatic nitrogens is 1. The highest BCUT2D eigenvalue weighted by atomic mass is 35.5. The molecule has 0 radical (unpaired) electrons. The van der Waals surface area contributed by atoms with Gasteiger partial charge in [-0.3, -0.25) is 0 Å². The zero-order chi connectivity index (χ0) is 13.8. The lowest BCUT2D eigenvalue weighted by molar-refractivity contribution is 0.0690. The van der Waals surface area contributed by atoms with Gasteiger partial charge in [0.25, 0.3) is 0 Å². The van der Waals surface area contributed by atoms with Crippen LogP contribution in [0.4, 0.5) is 11.5 Å². The van der Waals surface area contributed by atoms with Gasteiger partial charge < -0.3 is 10.4 Å². The number of aromatic carboxylic acids is 1. The van der Waals surface area contributed by atoms with Crippen LogP contribution in [-0.4, -0.2) is 16.1 Å². The third-order valence-electron chi connectivity index (χ3n) is 2.33. The summed E-state index contributed by atoms with van der Waals surface area (Å²) >= 11 is 5.86. The molecule has 1 heterocycles. The Bertz CT molecular complexity index is 680. The SMILES string of the molecule is N#Cc1ccc(Cl)cc1Nc1cccc(C(=O)O)n1. The van der Waals surface area contributed by atoms with Crippen molar-refractivity contribution in [3.8, 4) is 6.07 Å². The highest BCUT2D eigenvalue weighted by Crippen LogP contribution is 2.23. The van der Waals surface area contributed by atoms with Crippen LogP contribution in [0.3, 0.4) is 0 Å². The summed E-state index contributed by atoms with van der Waals surface area (Å²) in [6.45, 7) is 0. The predicted molar refractivity (Wildman–Crippen MR) is 70.6 cm³/mol. The van der Waals surface area contributed by atoms with Crippen molar-refractivity contribution in [2.24, 2.45) is 0 Å². The first-order chi connectivity index (χ1) is 9.10. The third kappa shape index (κ3) is 3.00. The van der Waals surface area contributed by atoms with E-state index < -0.39 is 5.97 Å². The molecule has 6 heteroatoms. The van der Waals surface area contributed by atoms with E-state index in [9.17, 15) is 4.79 Å². The Labute approximate surface area is 114 Å². The fourth-order valence-corrected chi connectivity index (χ4v) is 1.65. The molecular weight excluding hydrogens is 266 g/mol. The molecular formula is C13H8ClN3O2. The molecule has 0 saturated carbocycles. The zero-order valence-corrected chi connectivity index (χ0v) is 10.3. The Balaban J connectivity index is 2.36. The second kappa shape index (κ2) is 5.38. The van der Waals surface area contributed by atoms with Crippen LogP contribution < -0.4 is 5.32 Å². The van der Waals surface area contributed by atoms with E-state index in [1.807, 2.05) is 6.07 Å². The van der Waals surface area contributed by atoms with E-state index in [2.05, 4.69) is 10.3 Å². The highest BCUT2D eigenvalue weighted by molar-refractivity contribution is 6.30. The second-order valence-corrected chi connectivity index (χ2v) is 4.08. The van der Waals surface area contributed by atoms with Crippen molar-refractivity contribution in [3.05, 3.63) is 52.7 Å². The molecule has 1 aromatic carbocycles. The topological polar surface area (TPSA) is 86.0 Å². The van der Waals surface area contributed by atoms with Crippen molar-refractivity contribution >= 4 is 29.1 Å². The quantitative estimate of drug-likeness (QED) is 0.897. The van der Waals surface area contributed by atoms with Crippen LogP contribution in [0, 0.1) is 11.3 Å². The first-order valence-corrected chi connectivity index (χ1v) is 5.65. The fraction of sp³-hybridized carbons (Fsp3) is 0. The fourth-order valence-electron chi connectivity index (χ4n) is 1.48. The summed E-state index contributed by atoms with van der Waals surface area (Å²) in [5, 5.41) is 21.2. The van der Waals surface area contributed by atoms with Crippen LogP contribution in [0.2, 0.25) is 5.02 Å². The summed E-state index contributed by atoms with van der Waals surface area (Å²) in [4.78, 5) is 14.7. The van der Waals surface area contributed by atoms with Gasteiger partial charge in [-0.2, -0.15) is 5.26 Å². The van der Waals surface area contributed by atoms with Crippen molar-refractivity contribution in [1.29, 1.82) is 5.26 Å². The minimum atomic E-state index is -1.12. The molecule has 0 atom stereocenters. The lowest BCUT2D eigenvalue weighted by atomic mass is 10.2. The maximum Gasteiger partial charge on any atom is 0.354 e. The molecule has 0 aliphatic rings. The Hall–Kier alpha value is -2.58. The highest BCUT2D eigenvalue weighted by Gasteiger charge is 2.07. The molecule has 0 aliphatic carbocycles. The van der Waals surface area contributed by atoms with Crippen LogP contribution in [0.25, 0.3) is 0 Å². The number of benzene rings is 1. The average Bonchev–Trinajstić information content (AvgIpc) is 2.39. The van der Waals surface area contributed by atoms with E-state index in [-0.39, 0.29) is 5.69 Å². The molecule has 5 nitrogen and oxygen atoms in total. The molecule has 0 saturated heterocycles. The number of pyridine rings is 1. The van der Waals surface area contributed by atoms with E-state index in [1.54, 1.807) is 30.3 Å². The number of carboxylic acids is 1. The molecule has 2 aromatic rings. The predicted octanol–water partition coefficient (Wildman–Crippen LogP) is 3.05. The maximum absolute atomic E-state index is 10.8. The number of nitriles is 1. The number of rotatable bonds is 3. The Kier molecular flexibility index (Phi) is 3.64. The summed E-state index contributed by atoms with van der Waals surface area (Å²) in [5.74, 6) is -0.783. The van der Waals surface area contributed by atoms with Crippen molar-refractivity contribution in [3.63, 3.8) is 0 Å². The molecule has 2 N–H and O–H groups in total. The minimum Gasteiger partial charge on any atom is -0.477 e. The van der Waals surface area contributed by atoms with Crippen LogP contribution in [-0.2, 0) is 0 Å². The first kappa shape index (κ1) is 12.9. The molecule has 2 rings (SSSR count). The van der Waals surface area contributed by atoms with Gasteiger partial charge in [-0.25, -0.2) is 9.78 Å². The summed E-state index contributed by atoms with van der Waals surface area (Å²) < 4.78 is 0. The standard InChI is InChI=1S/C13H8ClN3O2/c14-9-5-4-8(7-15)11(6-9)17-12-3-1-2-10(16-12)13(18)19/h1-6H,(H,16,17)(H,18,19). The van der Waals surface area contributed by atoms with E-state index in [1.165, 1.54) is 6.07 Å². The summed E-state index contributed by atoms with van der Waals surface area (Å²) in [6.07, 6.45) is 0. The van der Waals surface area contributed by atoms with Crippen molar-refractivity contribution in [2.75, 3.05) is 5.32 Å². The van der Waals surface area contributed by atoms with Crippen LogP contribution in [0.15, 0.2) is 36.4 Å². The van der Waals surface area contributed by atoms with Gasteiger partial charge in [-0.15, -0.1) is 0 Å². The van der Waals surface area contributed by atoms with Gasteiger partial charge in [-0.1, -0.05) is 17.7 Å². The molecule has 0 amide bonds. The van der Waals surface area contributed by atoms with Gasteiger partial charge in [0.1, 0.15) is 11.9 Å². The molecule has 19 heavy (non-hydrogen) atoms. The van der Waals surface area contributed by atoms with Crippen molar-refractivity contribution < 1.29 is 9.90 Å². The largest absolute Gasteiger partial charge is 0.477 e. The smallest absolute Gasteiger partial charge is 0.354 e. The van der Waals surface area contributed by atoms with E-state index >= 15 is 0 Å². The van der Waals surface area contributed by atoms with Gasteiger partial charge in [0.05, 0.1) is 11.3 Å². The lowest BCUT2D eigenvalue weighted by Gasteiger charge is -2.08. The van der Waals surface area contributed by atoms with Gasteiger partial charge in [-0.05, 0) is 30.3 Å². The monoisotopic (exact) mass is 273 g/mol. The molecule has 0 unspecified atom stereocenters. The summed E-state index contributed by atoms with van der Waals surface area (Å²) in [5.41, 5.74) is 0.794. The van der Waals surface area contributed by atoms with E-state index in [0.717, 1.165) is 0 Å². The Morgan fingerprint density at radius 1 is 1.37 bits per heavy atom. The molecule has 0 fully saturated rings. The number of carboxylic acid groups (broad SMARTS) is 1. The lowest BCUT2D eigenvalue weighted by Crippen LogP contribution is -2.03. The van der Waals surface area contributed by atoms with Gasteiger partial charge in [0, 0.05) is 5.02 Å². The van der Waals surface area contributed by atoms with E-state index in [0.29, 0.717) is 22.1 Å². The number of anilines is 2. The number of hydrogen-bond donors (Lipinski definition) is 2. The number of halogens is 1. The van der Waals surface area contributed by atoms with Crippen LogP contribution >= 0.6 is 11.6 Å². The maximum atomic E-state index is 10.8. The average molecular weight is 274 g/mol. The molecule has 94 valence electrons. The summed E-state index contributed by atoms with van der Waals surface area (Å²) in [7, 11) is 0. The Morgan fingerprint density at radius 2 is 2.16 bits per heavy atom. The number of hydrogen-bond acceptors (Lipinski definition) is 4. The molecule has 1 aromatic heterocycles. The number of nitrogens with zero attached hydrogens (tertiary/aromatic N) is 2. The molecule has 0 aliphatic heterocycles. The molecule has 0 bridgehead atoms. The van der Waals surface area contributed by atoms with Gasteiger partial charge in [0.2, 0.25) is 0 Å². The van der Waals surface area contributed by atoms with Crippen LogP contribution in [0.5, 0.6) is 0 Å². The number of carbonyl (C=O) groups is 1. The van der Waals surface area contributed by atoms with Crippen LogP contribution in [0.1, 0.15) is 16.1 Å². The van der Waals surface area contributed by atoms with Gasteiger partial charge in [0.15, 0.2) is 5.69 Å². The van der Waals surface area contributed by atoms with Crippen molar-refractivity contribution in [2.45, 2.75) is 0 Å². The van der Waals surface area contributed by atoms with Crippen molar-refractivity contribution in [1.82, 2.24) is 4.98 Å². The summed E-state index contributed by atoms with van der Waals surface area (Å²) in [6, 6.07) is 11.3. The third-order valence-corrected chi connectivity index (χ3v) is 2.57. The first-order valence-electron chi connectivity index (χ1n) is 5.27. The second-order valence-electron chi connectivity index (χ2n) is 3.64.